The molecule has 0 saturated carbocycles. The van der Waals surface area contributed by atoms with Gasteiger partial charge in [-0.1, -0.05) is 27.3 Å². The molecule has 6 heteroatoms. The van der Waals surface area contributed by atoms with Gasteiger partial charge in [0.25, 0.3) is 0 Å². The number of aliphatic hydroxyl groups excluding tert-OH is 1. The van der Waals surface area contributed by atoms with Crippen molar-refractivity contribution in [2.45, 2.75) is 6.10 Å². The summed E-state index contributed by atoms with van der Waals surface area (Å²) in [6.45, 7) is 0. The van der Waals surface area contributed by atoms with Crippen LogP contribution in [0.3, 0.4) is 0 Å². The molecule has 1 unspecified atom stereocenters. The van der Waals surface area contributed by atoms with Crippen molar-refractivity contribution >= 4 is 32.4 Å². The molecule has 0 spiro atoms. The van der Waals surface area contributed by atoms with Gasteiger partial charge in [-0.05, 0) is 18.2 Å². The quantitative estimate of drug-likeness (QED) is 0.913. The van der Waals surface area contributed by atoms with Crippen molar-refractivity contribution in [3.63, 3.8) is 0 Å². The molecular formula is C11H11BrN2O2S. The van der Waals surface area contributed by atoms with Crippen molar-refractivity contribution in [1.82, 2.24) is 4.98 Å². The highest BCUT2D eigenvalue weighted by Gasteiger charge is 2.17. The Morgan fingerprint density at radius 1 is 1.53 bits per heavy atom. The molecule has 0 bridgehead atoms. The van der Waals surface area contributed by atoms with Gasteiger partial charge in [-0.25, -0.2) is 4.98 Å². The second-order valence-corrected chi connectivity index (χ2v) is 5.34. The molecule has 0 saturated heterocycles. The zero-order valence-electron chi connectivity index (χ0n) is 9.05. The molecule has 0 fully saturated rings. The van der Waals surface area contributed by atoms with E-state index in [0.29, 0.717) is 15.8 Å². The number of nitrogen functional groups attached to an aromatic ring is 1. The summed E-state index contributed by atoms with van der Waals surface area (Å²) >= 11 is 4.67. The molecule has 3 N–H and O–H groups in total. The fraction of sp³-hybridized carbons (Fsp3) is 0.182. The summed E-state index contributed by atoms with van der Waals surface area (Å²) in [7, 11) is 1.59. The van der Waals surface area contributed by atoms with Gasteiger partial charge in [0, 0.05) is 16.2 Å². The molecule has 0 radical (unpaired) electrons. The zero-order valence-corrected chi connectivity index (χ0v) is 11.5. The van der Waals surface area contributed by atoms with Crippen LogP contribution in [-0.4, -0.2) is 17.2 Å². The molecule has 0 aliphatic heterocycles. The molecule has 2 aromatic rings. The van der Waals surface area contributed by atoms with E-state index in [2.05, 4.69) is 20.9 Å². The van der Waals surface area contributed by atoms with Gasteiger partial charge in [0.2, 0.25) is 0 Å². The third-order valence-electron chi connectivity index (χ3n) is 2.31. The van der Waals surface area contributed by atoms with E-state index < -0.39 is 6.10 Å². The molecule has 0 amide bonds. The van der Waals surface area contributed by atoms with Gasteiger partial charge in [-0.3, -0.25) is 0 Å². The van der Waals surface area contributed by atoms with E-state index in [1.165, 1.54) is 11.3 Å². The van der Waals surface area contributed by atoms with E-state index in [4.69, 9.17) is 10.5 Å². The first-order chi connectivity index (χ1) is 8.11. The average Bonchev–Trinajstić information content (AvgIpc) is 2.76. The Bertz CT molecular complexity index is 530. The van der Waals surface area contributed by atoms with Crippen molar-refractivity contribution in [2.24, 2.45) is 0 Å². The molecule has 1 aromatic carbocycles. The lowest BCUT2D eigenvalue weighted by Crippen LogP contribution is -1.99. The summed E-state index contributed by atoms with van der Waals surface area (Å²) in [6.07, 6.45) is 0.825. The van der Waals surface area contributed by atoms with Gasteiger partial charge in [-0.15, -0.1) is 0 Å². The molecule has 90 valence electrons. The number of thiazole rings is 1. The topological polar surface area (TPSA) is 68.4 Å². The van der Waals surface area contributed by atoms with Crippen LogP contribution in [0.4, 0.5) is 5.13 Å². The van der Waals surface area contributed by atoms with Crippen LogP contribution in [0.2, 0.25) is 0 Å². The van der Waals surface area contributed by atoms with Crippen molar-refractivity contribution in [3.05, 3.63) is 39.3 Å². The van der Waals surface area contributed by atoms with E-state index >= 15 is 0 Å². The highest BCUT2D eigenvalue weighted by atomic mass is 79.9. The zero-order chi connectivity index (χ0) is 12.4. The second kappa shape index (κ2) is 5.03. The van der Waals surface area contributed by atoms with Gasteiger partial charge >= 0.3 is 0 Å². The van der Waals surface area contributed by atoms with E-state index in [1.54, 1.807) is 19.4 Å². The molecule has 4 nitrogen and oxygen atoms in total. The maximum absolute atomic E-state index is 10.2. The second-order valence-electron chi connectivity index (χ2n) is 3.39. The van der Waals surface area contributed by atoms with Crippen molar-refractivity contribution in [3.8, 4) is 5.75 Å². The Morgan fingerprint density at radius 3 is 2.88 bits per heavy atom. The standard InChI is InChI=1S/C11H11BrN2O2S/c1-16-6-2-3-8(12)7(4-6)10(15)9-5-14-11(13)17-9/h2-5,10,15H,1H3,(H2,13,14). The SMILES string of the molecule is COc1ccc(Br)c(C(O)c2cnc(N)s2)c1. The number of halogens is 1. The summed E-state index contributed by atoms with van der Waals surface area (Å²) in [5.74, 6) is 0.694. The Morgan fingerprint density at radius 2 is 2.29 bits per heavy atom. The normalized spacial score (nSPS) is 12.4. The largest absolute Gasteiger partial charge is 0.497 e. The van der Waals surface area contributed by atoms with Crippen LogP contribution in [0.5, 0.6) is 5.75 Å². The molecule has 17 heavy (non-hydrogen) atoms. The van der Waals surface area contributed by atoms with E-state index in [0.717, 1.165) is 10.0 Å². The first-order valence-corrected chi connectivity index (χ1v) is 6.45. The summed E-state index contributed by atoms with van der Waals surface area (Å²) in [4.78, 5) is 4.63. The number of nitrogens with zero attached hydrogens (tertiary/aromatic N) is 1. The summed E-state index contributed by atoms with van der Waals surface area (Å²) in [5, 5.41) is 10.7. The molecule has 1 aromatic heterocycles. The highest BCUT2D eigenvalue weighted by Crippen LogP contribution is 2.34. The lowest BCUT2D eigenvalue weighted by Gasteiger charge is -2.12. The van der Waals surface area contributed by atoms with Crippen LogP contribution in [-0.2, 0) is 0 Å². The molecule has 1 heterocycles. The van der Waals surface area contributed by atoms with Crippen LogP contribution in [0.1, 0.15) is 16.5 Å². The number of benzene rings is 1. The first-order valence-electron chi connectivity index (χ1n) is 4.84. The minimum absolute atomic E-state index is 0.443. The van der Waals surface area contributed by atoms with Crippen LogP contribution < -0.4 is 10.5 Å². The maximum Gasteiger partial charge on any atom is 0.180 e. The number of hydrogen-bond donors (Lipinski definition) is 2. The fourth-order valence-electron chi connectivity index (χ4n) is 1.44. The number of nitrogens with two attached hydrogens (primary N) is 1. The Hall–Kier alpha value is -1.11. The molecule has 0 aliphatic carbocycles. The molecule has 2 rings (SSSR count). The minimum atomic E-state index is -0.755. The third kappa shape index (κ3) is 2.59. The average molecular weight is 315 g/mol. The Balaban J connectivity index is 2.39. The van der Waals surface area contributed by atoms with Gasteiger partial charge in [0.1, 0.15) is 11.9 Å². The molecule has 0 aliphatic rings. The minimum Gasteiger partial charge on any atom is -0.497 e. The van der Waals surface area contributed by atoms with Crippen LogP contribution in [0, 0.1) is 0 Å². The summed E-state index contributed by atoms with van der Waals surface area (Å²) in [6, 6.07) is 5.44. The van der Waals surface area contributed by atoms with E-state index in [-0.39, 0.29) is 0 Å². The van der Waals surface area contributed by atoms with Crippen molar-refractivity contribution in [2.75, 3.05) is 12.8 Å². The molecule has 1 atom stereocenters. The predicted octanol–water partition coefficient (Wildman–Crippen LogP) is 2.58. The number of anilines is 1. The van der Waals surface area contributed by atoms with Gasteiger partial charge in [0.05, 0.1) is 12.0 Å². The van der Waals surface area contributed by atoms with Crippen LogP contribution in [0.25, 0.3) is 0 Å². The number of aromatic nitrogens is 1. The van der Waals surface area contributed by atoms with Gasteiger partial charge in [-0.2, -0.15) is 0 Å². The van der Waals surface area contributed by atoms with E-state index in [1.807, 2.05) is 12.1 Å². The highest BCUT2D eigenvalue weighted by molar-refractivity contribution is 9.10. The number of aliphatic hydroxyl groups is 1. The monoisotopic (exact) mass is 314 g/mol. The summed E-state index contributed by atoms with van der Waals surface area (Å²) < 4.78 is 5.95. The van der Waals surface area contributed by atoms with Gasteiger partial charge in [0.15, 0.2) is 5.13 Å². The van der Waals surface area contributed by atoms with Crippen molar-refractivity contribution in [1.29, 1.82) is 0 Å². The molecular weight excluding hydrogens is 304 g/mol. The van der Waals surface area contributed by atoms with E-state index in [9.17, 15) is 5.11 Å². The number of hydrogen-bond acceptors (Lipinski definition) is 5. The smallest absolute Gasteiger partial charge is 0.180 e. The van der Waals surface area contributed by atoms with Crippen LogP contribution >= 0.6 is 27.3 Å². The lowest BCUT2D eigenvalue weighted by atomic mass is 10.1. The lowest BCUT2D eigenvalue weighted by molar-refractivity contribution is 0.222. The third-order valence-corrected chi connectivity index (χ3v) is 3.91. The number of rotatable bonds is 3. The maximum atomic E-state index is 10.2. The Kier molecular flexibility index (Phi) is 3.66. The van der Waals surface area contributed by atoms with Crippen molar-refractivity contribution < 1.29 is 9.84 Å². The number of ether oxygens (including phenoxy) is 1. The Labute approximate surface area is 111 Å². The first kappa shape index (κ1) is 12.3. The van der Waals surface area contributed by atoms with Crippen LogP contribution in [0.15, 0.2) is 28.9 Å². The number of methoxy groups -OCH3 is 1. The fourth-order valence-corrected chi connectivity index (χ4v) is 2.59. The predicted molar refractivity (Wildman–Crippen MR) is 71.3 cm³/mol. The summed E-state index contributed by atoms with van der Waals surface area (Å²) in [5.41, 5.74) is 6.28. The van der Waals surface area contributed by atoms with Gasteiger partial charge < -0.3 is 15.6 Å².